The van der Waals surface area contributed by atoms with Gasteiger partial charge < -0.3 is 10.5 Å². The minimum absolute atomic E-state index is 0.148. The zero-order chi connectivity index (χ0) is 13.8. The molecule has 4 heteroatoms. The summed E-state index contributed by atoms with van der Waals surface area (Å²) in [7, 11) is 0. The summed E-state index contributed by atoms with van der Waals surface area (Å²) in [5.41, 5.74) is 8.08. The molecule has 0 bridgehead atoms. The van der Waals surface area contributed by atoms with Crippen molar-refractivity contribution >= 4 is 0 Å². The Morgan fingerprint density at radius 2 is 2.32 bits per heavy atom. The SMILES string of the molecule is CCC1COCCN1C(CN)c1ccc(F)cc1C. The van der Waals surface area contributed by atoms with Crippen LogP contribution in [0.4, 0.5) is 4.39 Å². The number of nitrogens with two attached hydrogens (primary N) is 1. The normalized spacial score (nSPS) is 22.4. The standard InChI is InChI=1S/C15H23FN2O/c1-3-13-10-19-7-6-18(13)15(9-17)14-5-4-12(16)8-11(14)2/h4-5,8,13,15H,3,6-7,9-10,17H2,1-2H3. The Balaban J connectivity index is 2.27. The Kier molecular flexibility index (Phi) is 4.91. The van der Waals surface area contributed by atoms with Gasteiger partial charge in [-0.3, -0.25) is 4.90 Å². The molecule has 0 amide bonds. The number of morpholine rings is 1. The first-order valence-corrected chi connectivity index (χ1v) is 6.97. The lowest BCUT2D eigenvalue weighted by Crippen LogP contribution is -2.48. The molecule has 0 spiro atoms. The maximum absolute atomic E-state index is 13.2. The quantitative estimate of drug-likeness (QED) is 0.908. The second kappa shape index (κ2) is 6.46. The highest BCUT2D eigenvalue weighted by Gasteiger charge is 2.29. The molecular weight excluding hydrogens is 243 g/mol. The average molecular weight is 266 g/mol. The summed E-state index contributed by atoms with van der Waals surface area (Å²) < 4.78 is 18.8. The number of ether oxygens (including phenoxy) is 1. The molecule has 2 atom stereocenters. The van der Waals surface area contributed by atoms with Gasteiger partial charge in [-0.05, 0) is 36.6 Å². The summed E-state index contributed by atoms with van der Waals surface area (Å²) in [6.45, 7) is 7.04. The number of hydrogen-bond acceptors (Lipinski definition) is 3. The van der Waals surface area contributed by atoms with Crippen LogP contribution >= 0.6 is 0 Å². The van der Waals surface area contributed by atoms with E-state index in [2.05, 4.69) is 11.8 Å². The van der Waals surface area contributed by atoms with Crippen LogP contribution in [0, 0.1) is 12.7 Å². The van der Waals surface area contributed by atoms with Crippen molar-refractivity contribution in [3.63, 3.8) is 0 Å². The van der Waals surface area contributed by atoms with Gasteiger partial charge in [-0.1, -0.05) is 13.0 Å². The number of hydrogen-bond donors (Lipinski definition) is 1. The molecule has 1 aliphatic rings. The van der Waals surface area contributed by atoms with Gasteiger partial charge in [0.15, 0.2) is 0 Å². The molecule has 2 rings (SSSR count). The molecule has 1 saturated heterocycles. The largest absolute Gasteiger partial charge is 0.378 e. The molecule has 1 heterocycles. The van der Waals surface area contributed by atoms with E-state index in [9.17, 15) is 4.39 Å². The second-order valence-electron chi connectivity index (χ2n) is 5.13. The third-order valence-electron chi connectivity index (χ3n) is 3.96. The van der Waals surface area contributed by atoms with Crippen LogP contribution in [0.2, 0.25) is 0 Å². The van der Waals surface area contributed by atoms with E-state index in [1.165, 1.54) is 6.07 Å². The molecule has 3 nitrogen and oxygen atoms in total. The minimum atomic E-state index is -0.189. The monoisotopic (exact) mass is 266 g/mol. The highest BCUT2D eigenvalue weighted by atomic mass is 19.1. The summed E-state index contributed by atoms with van der Waals surface area (Å²) in [6, 6.07) is 5.51. The zero-order valence-electron chi connectivity index (χ0n) is 11.7. The van der Waals surface area contributed by atoms with Crippen LogP contribution in [-0.4, -0.2) is 37.2 Å². The second-order valence-corrected chi connectivity index (χ2v) is 5.13. The molecule has 2 N–H and O–H groups in total. The van der Waals surface area contributed by atoms with Crippen molar-refractivity contribution in [1.29, 1.82) is 0 Å². The van der Waals surface area contributed by atoms with Crippen LogP contribution in [0.5, 0.6) is 0 Å². The smallest absolute Gasteiger partial charge is 0.123 e. The van der Waals surface area contributed by atoms with E-state index in [1.807, 2.05) is 13.0 Å². The van der Waals surface area contributed by atoms with Crippen LogP contribution in [0.1, 0.15) is 30.5 Å². The molecule has 1 aliphatic heterocycles. The van der Waals surface area contributed by atoms with Gasteiger partial charge in [0.1, 0.15) is 5.82 Å². The van der Waals surface area contributed by atoms with Crippen molar-refractivity contribution < 1.29 is 9.13 Å². The van der Waals surface area contributed by atoms with E-state index in [0.29, 0.717) is 12.6 Å². The first-order valence-electron chi connectivity index (χ1n) is 6.97. The molecule has 1 aromatic carbocycles. The van der Waals surface area contributed by atoms with Gasteiger partial charge in [0.25, 0.3) is 0 Å². The molecule has 1 aromatic rings. The van der Waals surface area contributed by atoms with Gasteiger partial charge in [-0.25, -0.2) is 4.39 Å². The number of benzene rings is 1. The summed E-state index contributed by atoms with van der Waals surface area (Å²) >= 11 is 0. The van der Waals surface area contributed by atoms with Crippen LogP contribution < -0.4 is 5.73 Å². The van der Waals surface area contributed by atoms with Crippen molar-refractivity contribution in [2.24, 2.45) is 5.73 Å². The number of aryl methyl sites for hydroxylation is 1. The van der Waals surface area contributed by atoms with E-state index >= 15 is 0 Å². The van der Waals surface area contributed by atoms with Gasteiger partial charge in [0, 0.05) is 25.2 Å². The number of halogens is 1. The Bertz CT molecular complexity index is 425. The summed E-state index contributed by atoms with van der Waals surface area (Å²) in [5, 5.41) is 0. The minimum Gasteiger partial charge on any atom is -0.378 e. The van der Waals surface area contributed by atoms with Gasteiger partial charge in [-0.2, -0.15) is 0 Å². The Morgan fingerprint density at radius 1 is 1.53 bits per heavy atom. The summed E-state index contributed by atoms with van der Waals surface area (Å²) in [5.74, 6) is -0.189. The third kappa shape index (κ3) is 3.14. The van der Waals surface area contributed by atoms with E-state index < -0.39 is 0 Å². The molecule has 0 aromatic heterocycles. The predicted molar refractivity (Wildman–Crippen MR) is 74.5 cm³/mol. The first-order chi connectivity index (χ1) is 9.17. The Morgan fingerprint density at radius 3 is 2.95 bits per heavy atom. The highest BCUT2D eigenvalue weighted by Crippen LogP contribution is 2.27. The fourth-order valence-electron chi connectivity index (χ4n) is 2.88. The number of rotatable bonds is 4. The lowest BCUT2D eigenvalue weighted by molar-refractivity contribution is -0.0292. The van der Waals surface area contributed by atoms with Crippen LogP contribution in [0.25, 0.3) is 0 Å². The van der Waals surface area contributed by atoms with Gasteiger partial charge in [0.2, 0.25) is 0 Å². The highest BCUT2D eigenvalue weighted by molar-refractivity contribution is 5.30. The maximum atomic E-state index is 13.2. The van der Waals surface area contributed by atoms with Crippen molar-refractivity contribution in [2.75, 3.05) is 26.3 Å². The van der Waals surface area contributed by atoms with Gasteiger partial charge >= 0.3 is 0 Å². The van der Waals surface area contributed by atoms with E-state index in [1.54, 1.807) is 6.07 Å². The van der Waals surface area contributed by atoms with Crippen LogP contribution in [0.3, 0.4) is 0 Å². The lowest BCUT2D eigenvalue weighted by Gasteiger charge is -2.41. The predicted octanol–water partition coefficient (Wildman–Crippen LogP) is 2.24. The molecule has 0 radical (unpaired) electrons. The molecule has 106 valence electrons. The maximum Gasteiger partial charge on any atom is 0.123 e. The Hall–Kier alpha value is -0.970. The molecule has 0 saturated carbocycles. The third-order valence-corrected chi connectivity index (χ3v) is 3.96. The fourth-order valence-corrected chi connectivity index (χ4v) is 2.88. The van der Waals surface area contributed by atoms with E-state index in [-0.39, 0.29) is 11.9 Å². The van der Waals surface area contributed by atoms with Gasteiger partial charge in [-0.15, -0.1) is 0 Å². The molecule has 1 fully saturated rings. The molecular formula is C15H23FN2O. The van der Waals surface area contributed by atoms with Crippen LogP contribution in [-0.2, 0) is 4.74 Å². The van der Waals surface area contributed by atoms with E-state index in [4.69, 9.17) is 10.5 Å². The molecule has 0 aliphatic carbocycles. The van der Waals surface area contributed by atoms with Crippen molar-refractivity contribution in [2.45, 2.75) is 32.4 Å². The van der Waals surface area contributed by atoms with Crippen molar-refractivity contribution in [3.05, 3.63) is 35.1 Å². The van der Waals surface area contributed by atoms with E-state index in [0.717, 1.165) is 37.3 Å². The van der Waals surface area contributed by atoms with Crippen LogP contribution in [0.15, 0.2) is 18.2 Å². The van der Waals surface area contributed by atoms with Gasteiger partial charge in [0.05, 0.1) is 13.2 Å². The molecule has 2 unspecified atom stereocenters. The average Bonchev–Trinajstić information content (AvgIpc) is 2.42. The summed E-state index contributed by atoms with van der Waals surface area (Å²) in [4.78, 5) is 2.41. The summed E-state index contributed by atoms with van der Waals surface area (Å²) in [6.07, 6.45) is 1.04. The zero-order valence-corrected chi connectivity index (χ0v) is 11.7. The fraction of sp³-hybridized carbons (Fsp3) is 0.600. The molecule has 19 heavy (non-hydrogen) atoms. The number of nitrogens with zero attached hydrogens (tertiary/aromatic N) is 1. The first kappa shape index (κ1) is 14.4. The lowest BCUT2D eigenvalue weighted by atomic mass is 9.97. The Labute approximate surface area is 114 Å². The van der Waals surface area contributed by atoms with Crippen molar-refractivity contribution in [1.82, 2.24) is 4.90 Å². The topological polar surface area (TPSA) is 38.5 Å². The van der Waals surface area contributed by atoms with Crippen molar-refractivity contribution in [3.8, 4) is 0 Å².